The molecule has 0 radical (unpaired) electrons. The smallest absolute Gasteiger partial charge is 0.354 e. The highest BCUT2D eigenvalue weighted by Gasteiger charge is 2.29. The summed E-state index contributed by atoms with van der Waals surface area (Å²) in [5.41, 5.74) is 6.77. The van der Waals surface area contributed by atoms with E-state index in [-0.39, 0.29) is 11.1 Å². The Morgan fingerprint density at radius 2 is 2.27 bits per heavy atom. The second kappa shape index (κ2) is 3.60. The van der Waals surface area contributed by atoms with Crippen molar-refractivity contribution in [1.29, 1.82) is 0 Å². The molecule has 78 valence electrons. The van der Waals surface area contributed by atoms with Crippen molar-refractivity contribution < 1.29 is 9.90 Å². The summed E-state index contributed by atoms with van der Waals surface area (Å²) in [4.78, 5) is 10.8. The standard InChI is InChI=1S/C9H8ClN3O2/c10-4-1-2-6-5(3-4)7(11)8(9(14)15)13-12-6/h1-4,7H,11H2,(H,14,15). The molecule has 15 heavy (non-hydrogen) atoms. The van der Waals surface area contributed by atoms with Crippen molar-refractivity contribution in [1.82, 2.24) is 0 Å². The first-order valence-corrected chi connectivity index (χ1v) is 4.72. The lowest BCUT2D eigenvalue weighted by Gasteiger charge is -2.21. The third-order valence-corrected chi connectivity index (χ3v) is 2.46. The van der Waals surface area contributed by atoms with Gasteiger partial charge in [0, 0.05) is 5.57 Å². The normalized spacial score (nSPS) is 28.8. The molecule has 0 bridgehead atoms. The van der Waals surface area contributed by atoms with Gasteiger partial charge in [-0.05, 0) is 6.08 Å². The molecule has 2 rings (SSSR count). The Labute approximate surface area is 90.6 Å². The van der Waals surface area contributed by atoms with Gasteiger partial charge in [-0.3, -0.25) is 0 Å². The number of carboxylic acids is 1. The Morgan fingerprint density at radius 3 is 2.93 bits per heavy atom. The van der Waals surface area contributed by atoms with Crippen LogP contribution in [0.2, 0.25) is 0 Å². The zero-order valence-electron chi connectivity index (χ0n) is 7.59. The molecule has 0 amide bonds. The molecule has 0 saturated carbocycles. The number of halogens is 1. The number of carboxylic acid groups (broad SMARTS) is 1. The number of rotatable bonds is 1. The number of allylic oxidation sites excluding steroid dienone is 3. The fraction of sp³-hybridized carbons (Fsp3) is 0.222. The minimum atomic E-state index is -1.16. The van der Waals surface area contributed by atoms with Gasteiger partial charge >= 0.3 is 5.97 Å². The molecule has 0 aromatic rings. The van der Waals surface area contributed by atoms with Crippen molar-refractivity contribution in [2.75, 3.05) is 0 Å². The van der Waals surface area contributed by atoms with Crippen molar-refractivity contribution >= 4 is 29.0 Å². The highest BCUT2D eigenvalue weighted by atomic mass is 35.5. The minimum Gasteiger partial charge on any atom is -0.477 e. The van der Waals surface area contributed by atoms with E-state index >= 15 is 0 Å². The molecule has 0 saturated heterocycles. The Kier molecular flexibility index (Phi) is 2.42. The van der Waals surface area contributed by atoms with E-state index in [1.165, 1.54) is 0 Å². The topological polar surface area (TPSA) is 88.0 Å². The molecule has 0 aromatic carbocycles. The summed E-state index contributed by atoms with van der Waals surface area (Å²) in [5, 5.41) is 15.9. The van der Waals surface area contributed by atoms with Crippen LogP contribution >= 0.6 is 11.6 Å². The first-order valence-electron chi connectivity index (χ1n) is 4.28. The number of nitrogens with zero attached hydrogens (tertiary/aromatic N) is 2. The minimum absolute atomic E-state index is 0.163. The molecule has 3 N–H and O–H groups in total. The third-order valence-electron chi connectivity index (χ3n) is 2.19. The van der Waals surface area contributed by atoms with Crippen LogP contribution in [0.1, 0.15) is 0 Å². The van der Waals surface area contributed by atoms with Gasteiger partial charge < -0.3 is 10.8 Å². The van der Waals surface area contributed by atoms with Gasteiger partial charge in [-0.15, -0.1) is 16.7 Å². The Morgan fingerprint density at radius 1 is 1.53 bits per heavy atom. The monoisotopic (exact) mass is 225 g/mol. The fourth-order valence-corrected chi connectivity index (χ4v) is 1.65. The molecule has 0 aromatic heterocycles. The van der Waals surface area contributed by atoms with Gasteiger partial charge in [0.2, 0.25) is 0 Å². The van der Waals surface area contributed by atoms with Crippen LogP contribution in [0, 0.1) is 0 Å². The number of fused-ring (bicyclic) bond motifs is 1. The lowest BCUT2D eigenvalue weighted by atomic mass is 9.93. The van der Waals surface area contributed by atoms with Crippen LogP contribution in [0.25, 0.3) is 0 Å². The number of aliphatic carboxylic acids is 1. The van der Waals surface area contributed by atoms with Gasteiger partial charge in [-0.25, -0.2) is 4.79 Å². The molecule has 0 spiro atoms. The van der Waals surface area contributed by atoms with Gasteiger partial charge in [0.05, 0.1) is 17.1 Å². The lowest BCUT2D eigenvalue weighted by Crippen LogP contribution is -2.42. The summed E-state index contributed by atoms with van der Waals surface area (Å²) >= 11 is 5.87. The van der Waals surface area contributed by atoms with Crippen molar-refractivity contribution in [2.45, 2.75) is 11.4 Å². The number of alkyl halides is 1. The van der Waals surface area contributed by atoms with E-state index in [0.717, 1.165) is 0 Å². The first-order chi connectivity index (χ1) is 7.09. The zero-order valence-corrected chi connectivity index (χ0v) is 8.35. The second-order valence-corrected chi connectivity index (χ2v) is 3.68. The molecule has 0 fully saturated rings. The van der Waals surface area contributed by atoms with E-state index in [2.05, 4.69) is 10.2 Å². The first kappa shape index (κ1) is 10.1. The second-order valence-electron chi connectivity index (χ2n) is 3.18. The summed E-state index contributed by atoms with van der Waals surface area (Å²) in [6.45, 7) is 0. The lowest BCUT2D eigenvalue weighted by molar-refractivity contribution is -0.129. The van der Waals surface area contributed by atoms with Gasteiger partial charge in [-0.2, -0.15) is 5.10 Å². The summed E-state index contributed by atoms with van der Waals surface area (Å²) in [6.07, 6.45) is 5.11. The molecular weight excluding hydrogens is 218 g/mol. The maximum Gasteiger partial charge on any atom is 0.354 e. The molecule has 1 aliphatic carbocycles. The van der Waals surface area contributed by atoms with E-state index in [1.807, 2.05) is 0 Å². The summed E-state index contributed by atoms with van der Waals surface area (Å²) in [5.74, 6) is -1.16. The van der Waals surface area contributed by atoms with Crippen molar-refractivity contribution in [3.63, 3.8) is 0 Å². The van der Waals surface area contributed by atoms with Crippen molar-refractivity contribution in [3.8, 4) is 0 Å². The highest BCUT2D eigenvalue weighted by Crippen LogP contribution is 2.20. The van der Waals surface area contributed by atoms with Gasteiger partial charge in [0.15, 0.2) is 5.71 Å². The summed E-state index contributed by atoms with van der Waals surface area (Å²) in [6, 6.07) is -0.763. The van der Waals surface area contributed by atoms with E-state index in [0.29, 0.717) is 11.3 Å². The average molecular weight is 226 g/mol. The van der Waals surface area contributed by atoms with Gasteiger partial charge in [0.1, 0.15) is 0 Å². The van der Waals surface area contributed by atoms with Crippen molar-refractivity contribution in [2.24, 2.45) is 15.9 Å². The average Bonchev–Trinajstić information content (AvgIpc) is 2.19. The van der Waals surface area contributed by atoms with Crippen LogP contribution in [-0.4, -0.2) is 33.9 Å². The predicted molar refractivity (Wildman–Crippen MR) is 57.3 cm³/mol. The van der Waals surface area contributed by atoms with E-state index < -0.39 is 12.0 Å². The van der Waals surface area contributed by atoms with Crippen LogP contribution in [0.15, 0.2) is 34.0 Å². The Balaban J connectivity index is 2.43. The van der Waals surface area contributed by atoms with Crippen LogP contribution in [0.3, 0.4) is 0 Å². The molecule has 1 aliphatic heterocycles. The fourth-order valence-electron chi connectivity index (χ4n) is 1.44. The molecule has 2 aliphatic rings. The largest absolute Gasteiger partial charge is 0.477 e. The SMILES string of the molecule is NC1C2=CC(Cl)C=CC2=NN=C1C(=O)O. The summed E-state index contributed by atoms with van der Waals surface area (Å²) in [7, 11) is 0. The molecule has 1 heterocycles. The third kappa shape index (κ3) is 1.71. The molecule has 5 nitrogen and oxygen atoms in total. The number of carbonyl (C=O) groups is 1. The molecule has 2 unspecified atom stereocenters. The summed E-state index contributed by atoms with van der Waals surface area (Å²) < 4.78 is 0. The van der Waals surface area contributed by atoms with Crippen molar-refractivity contribution in [3.05, 3.63) is 23.8 Å². The quantitative estimate of drug-likeness (QED) is 0.630. The Hall–Kier alpha value is -1.46. The number of hydrogen-bond donors (Lipinski definition) is 2. The van der Waals surface area contributed by atoms with E-state index in [1.54, 1.807) is 18.2 Å². The van der Waals surface area contributed by atoms with Gasteiger partial charge in [-0.1, -0.05) is 12.2 Å². The molecule has 2 atom stereocenters. The van der Waals surface area contributed by atoms with Crippen LogP contribution in [0.4, 0.5) is 0 Å². The zero-order chi connectivity index (χ0) is 11.0. The van der Waals surface area contributed by atoms with Crippen LogP contribution in [0.5, 0.6) is 0 Å². The van der Waals surface area contributed by atoms with Crippen LogP contribution < -0.4 is 5.73 Å². The maximum atomic E-state index is 10.8. The number of hydrogen-bond acceptors (Lipinski definition) is 4. The molecule has 6 heteroatoms. The number of nitrogens with two attached hydrogens (primary N) is 1. The van der Waals surface area contributed by atoms with E-state index in [9.17, 15) is 4.79 Å². The van der Waals surface area contributed by atoms with Gasteiger partial charge in [0.25, 0.3) is 0 Å². The van der Waals surface area contributed by atoms with E-state index in [4.69, 9.17) is 22.4 Å². The van der Waals surface area contributed by atoms with Crippen LogP contribution in [-0.2, 0) is 4.79 Å². The highest BCUT2D eigenvalue weighted by molar-refractivity contribution is 6.41. The predicted octanol–water partition coefficient (Wildman–Crippen LogP) is 0.312. The maximum absolute atomic E-state index is 10.8. The Bertz CT molecular complexity index is 437. The molecular formula is C9H8ClN3O2.